The van der Waals surface area contributed by atoms with E-state index >= 15 is 0 Å². The van der Waals surface area contributed by atoms with Gasteiger partial charge < -0.3 is 19.9 Å². The van der Waals surface area contributed by atoms with Gasteiger partial charge in [0.2, 0.25) is 0 Å². The lowest BCUT2D eigenvalue weighted by Crippen LogP contribution is -2.42. The van der Waals surface area contributed by atoms with E-state index in [1.54, 1.807) is 24.3 Å². The molecule has 6 heteroatoms. The number of alkyl carbamates (subject to hydrolysis) is 1. The highest BCUT2D eigenvalue weighted by atomic mass is 16.5. The van der Waals surface area contributed by atoms with Crippen LogP contribution in [0.3, 0.4) is 0 Å². The minimum Gasteiger partial charge on any atom is -0.488 e. The van der Waals surface area contributed by atoms with Gasteiger partial charge in [-0.15, -0.1) is 0 Å². The van der Waals surface area contributed by atoms with Crippen molar-refractivity contribution >= 4 is 12.1 Å². The minimum atomic E-state index is -1.12. The third kappa shape index (κ3) is 6.16. The van der Waals surface area contributed by atoms with Crippen LogP contribution in [0.5, 0.6) is 5.75 Å². The Morgan fingerprint density at radius 3 is 2.24 bits per heavy atom. The van der Waals surface area contributed by atoms with Gasteiger partial charge in [-0.25, -0.2) is 9.59 Å². The van der Waals surface area contributed by atoms with Crippen LogP contribution in [0, 0.1) is 0 Å². The van der Waals surface area contributed by atoms with Crippen LogP contribution in [-0.2, 0) is 16.0 Å². The number of hydrogen-bond donors (Lipinski definition) is 2. The summed E-state index contributed by atoms with van der Waals surface area (Å²) in [6.07, 6.45) is -0.602. The zero-order valence-corrected chi connectivity index (χ0v) is 12.7. The van der Waals surface area contributed by atoms with Gasteiger partial charge in [-0.2, -0.15) is 0 Å². The first kappa shape index (κ1) is 16.8. The normalized spacial score (nSPS) is 12.4. The van der Waals surface area contributed by atoms with Crippen LogP contribution in [0.2, 0.25) is 0 Å². The fraction of sp³-hybridized carbons (Fsp3) is 0.467. The molecule has 0 bridgehead atoms. The summed E-state index contributed by atoms with van der Waals surface area (Å²) in [7, 11) is 1.19. The molecule has 6 nitrogen and oxygen atoms in total. The Hall–Kier alpha value is -2.24. The molecule has 1 rings (SSSR count). The Kier molecular flexibility index (Phi) is 5.58. The van der Waals surface area contributed by atoms with Crippen molar-refractivity contribution in [1.29, 1.82) is 0 Å². The molecule has 0 aliphatic rings. The molecule has 0 aromatic heterocycles. The first-order valence-corrected chi connectivity index (χ1v) is 6.56. The van der Waals surface area contributed by atoms with Crippen LogP contribution in [-0.4, -0.2) is 35.9 Å². The molecule has 1 atom stereocenters. The second-order valence-electron chi connectivity index (χ2n) is 5.59. The predicted octanol–water partition coefficient (Wildman–Crippen LogP) is 2.22. The lowest BCUT2D eigenvalue weighted by atomic mass is 10.1. The fourth-order valence-electron chi connectivity index (χ4n) is 1.68. The Morgan fingerprint density at radius 1 is 1.24 bits per heavy atom. The van der Waals surface area contributed by atoms with E-state index in [1.165, 1.54) is 7.11 Å². The summed E-state index contributed by atoms with van der Waals surface area (Å²) in [4.78, 5) is 22.2. The van der Waals surface area contributed by atoms with Crippen molar-refractivity contribution in [2.45, 2.75) is 38.8 Å². The van der Waals surface area contributed by atoms with Crippen molar-refractivity contribution in [3.63, 3.8) is 0 Å². The number of methoxy groups -OCH3 is 1. The minimum absolute atomic E-state index is 0.167. The molecule has 21 heavy (non-hydrogen) atoms. The molecule has 0 spiro atoms. The molecule has 1 amide bonds. The summed E-state index contributed by atoms with van der Waals surface area (Å²) in [5.41, 5.74) is 0.484. The highest BCUT2D eigenvalue weighted by molar-refractivity contribution is 5.80. The van der Waals surface area contributed by atoms with Gasteiger partial charge in [0.25, 0.3) is 0 Å². The van der Waals surface area contributed by atoms with Crippen LogP contribution in [0.1, 0.15) is 26.3 Å². The Balaban J connectivity index is 2.72. The van der Waals surface area contributed by atoms with Gasteiger partial charge in [-0.1, -0.05) is 12.1 Å². The molecule has 1 unspecified atom stereocenters. The van der Waals surface area contributed by atoms with E-state index in [1.807, 2.05) is 20.8 Å². The molecule has 0 fully saturated rings. The maximum Gasteiger partial charge on any atom is 0.407 e. The molecule has 0 saturated heterocycles. The summed E-state index contributed by atoms with van der Waals surface area (Å²) >= 11 is 0. The maximum absolute atomic E-state index is 11.1. The van der Waals surface area contributed by atoms with Crippen molar-refractivity contribution in [1.82, 2.24) is 5.32 Å². The molecule has 0 heterocycles. The summed E-state index contributed by atoms with van der Waals surface area (Å²) in [6.45, 7) is 5.84. The quantitative estimate of drug-likeness (QED) is 0.870. The van der Waals surface area contributed by atoms with Crippen LogP contribution < -0.4 is 10.1 Å². The lowest BCUT2D eigenvalue weighted by Gasteiger charge is -2.21. The lowest BCUT2D eigenvalue weighted by molar-refractivity contribution is -0.139. The molecule has 0 saturated carbocycles. The van der Waals surface area contributed by atoms with Gasteiger partial charge in [-0.3, -0.25) is 0 Å². The predicted molar refractivity (Wildman–Crippen MR) is 77.5 cm³/mol. The van der Waals surface area contributed by atoms with Gasteiger partial charge >= 0.3 is 12.1 Å². The summed E-state index contributed by atoms with van der Waals surface area (Å²) in [5, 5.41) is 11.4. The smallest absolute Gasteiger partial charge is 0.407 e. The van der Waals surface area contributed by atoms with Gasteiger partial charge in [0.15, 0.2) is 0 Å². The van der Waals surface area contributed by atoms with Crippen molar-refractivity contribution in [3.8, 4) is 5.75 Å². The molecule has 1 aromatic rings. The number of carbonyl (C=O) groups excluding carboxylic acids is 1. The van der Waals surface area contributed by atoms with Crippen LogP contribution in [0.4, 0.5) is 4.79 Å². The van der Waals surface area contributed by atoms with Crippen molar-refractivity contribution in [2.75, 3.05) is 7.11 Å². The van der Waals surface area contributed by atoms with Gasteiger partial charge in [0, 0.05) is 6.42 Å². The second kappa shape index (κ2) is 6.97. The second-order valence-corrected chi connectivity index (χ2v) is 5.59. The number of ether oxygens (including phenoxy) is 2. The largest absolute Gasteiger partial charge is 0.488 e. The van der Waals surface area contributed by atoms with Crippen LogP contribution in [0.25, 0.3) is 0 Å². The summed E-state index contributed by atoms with van der Waals surface area (Å²) < 4.78 is 10.1. The van der Waals surface area contributed by atoms with Crippen LogP contribution in [0.15, 0.2) is 24.3 Å². The van der Waals surface area contributed by atoms with Gasteiger partial charge in [0.05, 0.1) is 7.11 Å². The number of carboxylic acids is 1. The highest BCUT2D eigenvalue weighted by Gasteiger charge is 2.20. The Bertz CT molecular complexity index is 490. The molecule has 0 radical (unpaired) electrons. The Morgan fingerprint density at radius 2 is 1.81 bits per heavy atom. The van der Waals surface area contributed by atoms with E-state index in [2.05, 4.69) is 10.1 Å². The SMILES string of the molecule is COC(=O)NC(Cc1ccc(OC(C)(C)C)cc1)C(=O)O. The molecule has 2 N–H and O–H groups in total. The number of nitrogens with one attached hydrogen (secondary N) is 1. The number of aliphatic carboxylic acids is 1. The van der Waals surface area contributed by atoms with E-state index in [9.17, 15) is 9.59 Å². The first-order valence-electron chi connectivity index (χ1n) is 6.56. The van der Waals surface area contributed by atoms with Gasteiger partial charge in [-0.05, 0) is 38.5 Å². The van der Waals surface area contributed by atoms with E-state index in [4.69, 9.17) is 9.84 Å². The summed E-state index contributed by atoms with van der Waals surface area (Å²) in [6, 6.07) is 6.06. The molecular weight excluding hydrogens is 274 g/mol. The number of hydrogen-bond acceptors (Lipinski definition) is 4. The van der Waals surface area contributed by atoms with Crippen molar-refractivity contribution in [2.24, 2.45) is 0 Å². The average Bonchev–Trinajstić information content (AvgIpc) is 2.38. The number of amides is 1. The summed E-state index contributed by atoms with van der Waals surface area (Å²) in [5.74, 6) is -0.408. The van der Waals surface area contributed by atoms with Crippen molar-refractivity contribution < 1.29 is 24.2 Å². The number of carboxylic acid groups (broad SMARTS) is 1. The van der Waals surface area contributed by atoms with Crippen LogP contribution >= 0.6 is 0 Å². The van der Waals surface area contributed by atoms with E-state index in [0.717, 1.165) is 5.56 Å². The topological polar surface area (TPSA) is 84.9 Å². The average molecular weight is 295 g/mol. The number of carbonyl (C=O) groups is 2. The maximum atomic E-state index is 11.1. The van der Waals surface area contributed by atoms with E-state index in [0.29, 0.717) is 5.75 Å². The zero-order valence-electron chi connectivity index (χ0n) is 12.7. The third-order valence-electron chi connectivity index (χ3n) is 2.56. The fourth-order valence-corrected chi connectivity index (χ4v) is 1.68. The highest BCUT2D eigenvalue weighted by Crippen LogP contribution is 2.19. The monoisotopic (exact) mass is 295 g/mol. The van der Waals surface area contributed by atoms with Crippen molar-refractivity contribution in [3.05, 3.63) is 29.8 Å². The molecule has 0 aliphatic carbocycles. The molecule has 0 aliphatic heterocycles. The molecule has 116 valence electrons. The number of rotatable bonds is 5. The van der Waals surface area contributed by atoms with E-state index < -0.39 is 18.1 Å². The van der Waals surface area contributed by atoms with E-state index in [-0.39, 0.29) is 12.0 Å². The molecule has 1 aromatic carbocycles. The molecular formula is C15H21NO5. The third-order valence-corrected chi connectivity index (χ3v) is 2.56. The number of benzene rings is 1. The first-order chi connectivity index (χ1) is 9.71. The zero-order chi connectivity index (χ0) is 16.0. The van der Waals surface area contributed by atoms with Gasteiger partial charge in [0.1, 0.15) is 17.4 Å². The standard InChI is InChI=1S/C15H21NO5/c1-15(2,3)21-11-7-5-10(6-8-11)9-12(13(17)18)16-14(19)20-4/h5-8,12H,9H2,1-4H3,(H,16,19)(H,17,18). The Labute approximate surface area is 124 Å².